The number of carbonyl (C=O) groups excluding carboxylic acids is 2. The van der Waals surface area contributed by atoms with Gasteiger partial charge in [0.2, 0.25) is 5.91 Å². The van der Waals surface area contributed by atoms with Crippen molar-refractivity contribution >= 4 is 28.4 Å². The van der Waals surface area contributed by atoms with E-state index in [9.17, 15) is 9.59 Å². The van der Waals surface area contributed by atoms with E-state index in [4.69, 9.17) is 5.10 Å². The first-order valence-electron chi connectivity index (χ1n) is 11.3. The zero-order chi connectivity index (χ0) is 24.5. The Bertz CT molecular complexity index is 1360. The molecular formula is C28H30N4O2. The molecule has 6 nitrogen and oxygen atoms in total. The van der Waals surface area contributed by atoms with Crippen LogP contribution in [-0.4, -0.2) is 40.1 Å². The van der Waals surface area contributed by atoms with E-state index in [0.717, 1.165) is 27.7 Å². The Kier molecular flexibility index (Phi) is 6.24. The van der Waals surface area contributed by atoms with Gasteiger partial charge in [0.05, 0.1) is 17.9 Å². The van der Waals surface area contributed by atoms with E-state index in [-0.39, 0.29) is 23.8 Å². The highest BCUT2D eigenvalue weighted by Gasteiger charge is 2.23. The van der Waals surface area contributed by atoms with Crippen LogP contribution in [0, 0.1) is 6.92 Å². The molecule has 6 heteroatoms. The van der Waals surface area contributed by atoms with Crippen LogP contribution in [0.3, 0.4) is 0 Å². The first-order chi connectivity index (χ1) is 16.1. The number of nitrogens with zero attached hydrogens (tertiary/aromatic N) is 3. The molecule has 0 aliphatic heterocycles. The number of likely N-dealkylation sites (N-methyl/N-ethyl adjacent to an activating group) is 1. The summed E-state index contributed by atoms with van der Waals surface area (Å²) in [5.41, 5.74) is 3.18. The van der Waals surface area contributed by atoms with Crippen molar-refractivity contribution in [3.8, 4) is 5.69 Å². The van der Waals surface area contributed by atoms with Gasteiger partial charge in [-0.05, 0) is 41.5 Å². The molecule has 0 fully saturated rings. The largest absolute Gasteiger partial charge is 0.332 e. The number of aromatic nitrogens is 2. The Balaban J connectivity index is 1.54. The van der Waals surface area contributed by atoms with Gasteiger partial charge >= 0.3 is 0 Å². The number of aryl methyl sites for hydroxylation is 1. The molecule has 4 aromatic rings. The van der Waals surface area contributed by atoms with Gasteiger partial charge in [0.25, 0.3) is 5.91 Å². The third-order valence-corrected chi connectivity index (χ3v) is 5.81. The van der Waals surface area contributed by atoms with E-state index in [2.05, 4.69) is 26.1 Å². The highest BCUT2D eigenvalue weighted by molar-refractivity contribution is 6.01. The van der Waals surface area contributed by atoms with Gasteiger partial charge in [-0.3, -0.25) is 9.59 Å². The molecule has 2 amide bonds. The normalized spacial score (nSPS) is 11.4. The number of carbonyl (C=O) groups is 2. The van der Waals surface area contributed by atoms with E-state index in [1.54, 1.807) is 17.8 Å². The van der Waals surface area contributed by atoms with Crippen molar-refractivity contribution in [1.29, 1.82) is 0 Å². The number of hydrogen-bond donors (Lipinski definition) is 1. The molecule has 1 N–H and O–H groups in total. The van der Waals surface area contributed by atoms with E-state index in [1.165, 1.54) is 4.90 Å². The summed E-state index contributed by atoms with van der Waals surface area (Å²) in [6.07, 6.45) is 0. The van der Waals surface area contributed by atoms with Gasteiger partial charge < -0.3 is 10.2 Å². The van der Waals surface area contributed by atoms with Crippen LogP contribution in [0.1, 0.15) is 42.4 Å². The Morgan fingerprint density at radius 1 is 0.941 bits per heavy atom. The second-order valence-corrected chi connectivity index (χ2v) is 9.63. The lowest BCUT2D eigenvalue weighted by molar-refractivity contribution is -0.116. The van der Waals surface area contributed by atoms with Crippen LogP contribution < -0.4 is 5.32 Å². The number of fused-ring (bicyclic) bond motifs is 1. The monoisotopic (exact) mass is 454 g/mol. The predicted octanol–water partition coefficient (Wildman–Crippen LogP) is 5.34. The topological polar surface area (TPSA) is 67.2 Å². The molecule has 174 valence electrons. The standard InChI is InChI=1S/C28H30N4O2/c1-19-10-6-9-13-23(19)32-25(17-24(30-32)28(2,3)4)29-26(33)18-31(5)27(34)22-15-14-20-11-7-8-12-21(20)16-22/h6-17H,18H2,1-5H3,(H,29,33). The average Bonchev–Trinajstić information content (AvgIpc) is 3.22. The van der Waals surface area contributed by atoms with Crippen LogP contribution in [0.5, 0.6) is 0 Å². The van der Waals surface area contributed by atoms with Gasteiger partial charge in [-0.25, -0.2) is 4.68 Å². The summed E-state index contributed by atoms with van der Waals surface area (Å²) in [5.74, 6) is 0.0892. The highest BCUT2D eigenvalue weighted by atomic mass is 16.2. The van der Waals surface area contributed by atoms with Crippen molar-refractivity contribution in [2.24, 2.45) is 0 Å². The van der Waals surface area contributed by atoms with Crippen LogP contribution in [-0.2, 0) is 10.2 Å². The molecule has 0 radical (unpaired) electrons. The molecule has 0 unspecified atom stereocenters. The molecule has 0 saturated heterocycles. The minimum absolute atomic E-state index is 0.0739. The molecule has 0 saturated carbocycles. The van der Waals surface area contributed by atoms with Gasteiger partial charge in [-0.2, -0.15) is 5.10 Å². The Morgan fingerprint density at radius 3 is 2.32 bits per heavy atom. The van der Waals surface area contributed by atoms with Gasteiger partial charge in [0.15, 0.2) is 0 Å². The summed E-state index contributed by atoms with van der Waals surface area (Å²) in [5, 5.41) is 9.80. The third-order valence-electron chi connectivity index (χ3n) is 5.81. The summed E-state index contributed by atoms with van der Waals surface area (Å²) in [6.45, 7) is 8.18. The van der Waals surface area contributed by atoms with Gasteiger partial charge in [-0.1, -0.05) is 69.3 Å². The first kappa shape index (κ1) is 23.2. The lowest BCUT2D eigenvalue weighted by atomic mass is 9.92. The molecule has 3 aromatic carbocycles. The van der Waals surface area contributed by atoms with Crippen LogP contribution in [0.4, 0.5) is 5.82 Å². The van der Waals surface area contributed by atoms with E-state index >= 15 is 0 Å². The van der Waals surface area contributed by atoms with Gasteiger partial charge in [-0.15, -0.1) is 0 Å². The Morgan fingerprint density at radius 2 is 1.62 bits per heavy atom. The second-order valence-electron chi connectivity index (χ2n) is 9.63. The molecule has 1 aromatic heterocycles. The van der Waals surface area contributed by atoms with Crippen molar-refractivity contribution in [2.75, 3.05) is 18.9 Å². The molecule has 4 rings (SSSR count). The molecule has 0 atom stereocenters. The Labute approximate surface area is 200 Å². The lowest BCUT2D eigenvalue weighted by Gasteiger charge is -2.18. The van der Waals surface area contributed by atoms with Crippen LogP contribution in [0.15, 0.2) is 72.8 Å². The summed E-state index contributed by atoms with van der Waals surface area (Å²) in [7, 11) is 1.64. The number of anilines is 1. The number of amides is 2. The smallest absolute Gasteiger partial charge is 0.254 e. The number of benzene rings is 3. The van der Waals surface area contributed by atoms with E-state index < -0.39 is 0 Å². The van der Waals surface area contributed by atoms with Crippen LogP contribution in [0.25, 0.3) is 16.5 Å². The molecule has 0 aliphatic rings. The lowest BCUT2D eigenvalue weighted by Crippen LogP contribution is -2.35. The van der Waals surface area contributed by atoms with Crippen LogP contribution >= 0.6 is 0 Å². The van der Waals surface area contributed by atoms with Gasteiger partial charge in [0, 0.05) is 24.1 Å². The SMILES string of the molecule is Cc1ccccc1-n1nc(C(C)(C)C)cc1NC(=O)CN(C)C(=O)c1ccc2ccccc2c1. The summed E-state index contributed by atoms with van der Waals surface area (Å²) < 4.78 is 1.76. The number of rotatable bonds is 5. The fourth-order valence-corrected chi connectivity index (χ4v) is 3.83. The fraction of sp³-hybridized carbons (Fsp3) is 0.250. The molecule has 34 heavy (non-hydrogen) atoms. The zero-order valence-electron chi connectivity index (χ0n) is 20.3. The average molecular weight is 455 g/mol. The maximum absolute atomic E-state index is 13.0. The molecule has 0 bridgehead atoms. The van der Waals surface area contributed by atoms with Crippen LogP contribution in [0.2, 0.25) is 0 Å². The first-order valence-corrected chi connectivity index (χ1v) is 11.3. The fourth-order valence-electron chi connectivity index (χ4n) is 3.83. The highest BCUT2D eigenvalue weighted by Crippen LogP contribution is 2.27. The van der Waals surface area contributed by atoms with Crippen molar-refractivity contribution < 1.29 is 9.59 Å². The Hall–Kier alpha value is -3.93. The molecule has 1 heterocycles. The molecular weight excluding hydrogens is 424 g/mol. The summed E-state index contributed by atoms with van der Waals surface area (Å²) in [4.78, 5) is 27.4. The maximum atomic E-state index is 13.0. The van der Waals surface area contributed by atoms with E-state index in [1.807, 2.05) is 73.7 Å². The van der Waals surface area contributed by atoms with E-state index in [0.29, 0.717) is 11.4 Å². The predicted molar refractivity (Wildman–Crippen MR) is 137 cm³/mol. The third kappa shape index (κ3) is 4.86. The van der Waals surface area contributed by atoms with Crippen molar-refractivity contribution in [3.05, 3.63) is 89.6 Å². The van der Waals surface area contributed by atoms with Crippen molar-refractivity contribution in [2.45, 2.75) is 33.1 Å². The minimum Gasteiger partial charge on any atom is -0.332 e. The number of hydrogen-bond acceptors (Lipinski definition) is 3. The zero-order valence-corrected chi connectivity index (χ0v) is 20.3. The molecule has 0 spiro atoms. The molecule has 0 aliphatic carbocycles. The quantitative estimate of drug-likeness (QED) is 0.442. The van der Waals surface area contributed by atoms with Crippen molar-refractivity contribution in [3.63, 3.8) is 0 Å². The maximum Gasteiger partial charge on any atom is 0.254 e. The summed E-state index contributed by atoms with van der Waals surface area (Å²) >= 11 is 0. The minimum atomic E-state index is -0.285. The van der Waals surface area contributed by atoms with Crippen molar-refractivity contribution in [1.82, 2.24) is 14.7 Å². The van der Waals surface area contributed by atoms with Gasteiger partial charge in [0.1, 0.15) is 5.82 Å². The summed E-state index contributed by atoms with van der Waals surface area (Å²) in [6, 6.07) is 23.3. The number of para-hydroxylation sites is 1. The second kappa shape index (κ2) is 9.14. The number of nitrogens with one attached hydrogen (secondary N) is 1.